The molecule has 0 fully saturated rings. The normalized spacial score (nSPS) is 11.7. The fourth-order valence-electron chi connectivity index (χ4n) is 2.74. The Morgan fingerprint density at radius 1 is 0.962 bits per heavy atom. The van der Waals surface area contributed by atoms with Gasteiger partial charge in [-0.1, -0.05) is 80.5 Å². The number of rotatable bonds is 5. The highest BCUT2D eigenvalue weighted by Crippen LogP contribution is 2.29. The van der Waals surface area contributed by atoms with Crippen molar-refractivity contribution < 1.29 is 0 Å². The second-order valence-corrected chi connectivity index (χ2v) is 8.67. The third kappa shape index (κ3) is 4.30. The monoisotopic (exact) mass is 385 g/mol. The quantitative estimate of drug-likeness (QED) is 0.489. The first-order valence-corrected chi connectivity index (χ1v) is 10.2. The van der Waals surface area contributed by atoms with Crippen LogP contribution in [0.3, 0.4) is 0 Å². The molecule has 3 aromatic rings. The van der Waals surface area contributed by atoms with E-state index in [1.807, 2.05) is 24.3 Å². The third-order valence-electron chi connectivity index (χ3n) is 4.32. The number of thioether (sulfide) groups is 1. The molecule has 1 heterocycles. The summed E-state index contributed by atoms with van der Waals surface area (Å²) in [6, 6.07) is 16.6. The van der Waals surface area contributed by atoms with Gasteiger partial charge in [0.25, 0.3) is 0 Å². The molecular formula is C21H24ClN3S. The first-order valence-electron chi connectivity index (χ1n) is 8.80. The van der Waals surface area contributed by atoms with Crippen LogP contribution in [0.15, 0.2) is 53.7 Å². The van der Waals surface area contributed by atoms with Gasteiger partial charge in [-0.25, -0.2) is 0 Å². The van der Waals surface area contributed by atoms with Crippen LogP contribution in [0.5, 0.6) is 0 Å². The summed E-state index contributed by atoms with van der Waals surface area (Å²) in [6.07, 6.45) is 0. The Morgan fingerprint density at radius 2 is 1.62 bits per heavy atom. The molecule has 0 bridgehead atoms. The van der Waals surface area contributed by atoms with E-state index in [2.05, 4.69) is 66.7 Å². The van der Waals surface area contributed by atoms with Crippen LogP contribution in [0.25, 0.3) is 11.4 Å². The number of nitrogens with zero attached hydrogens (tertiary/aromatic N) is 3. The molecule has 0 unspecified atom stereocenters. The molecule has 0 saturated heterocycles. The van der Waals surface area contributed by atoms with Gasteiger partial charge in [0.05, 0.1) is 0 Å². The molecule has 136 valence electrons. The number of benzene rings is 2. The number of hydrogen-bond donors (Lipinski definition) is 0. The van der Waals surface area contributed by atoms with Gasteiger partial charge in [0.1, 0.15) is 0 Å². The average Bonchev–Trinajstić information content (AvgIpc) is 3.03. The van der Waals surface area contributed by atoms with Gasteiger partial charge in [0.2, 0.25) is 0 Å². The van der Waals surface area contributed by atoms with Gasteiger partial charge in [-0.2, -0.15) is 0 Å². The largest absolute Gasteiger partial charge is 0.302 e. The Morgan fingerprint density at radius 3 is 2.19 bits per heavy atom. The molecule has 1 aromatic heterocycles. The van der Waals surface area contributed by atoms with E-state index in [9.17, 15) is 0 Å². The van der Waals surface area contributed by atoms with E-state index >= 15 is 0 Å². The molecular weight excluding hydrogens is 362 g/mol. The zero-order valence-corrected chi connectivity index (χ0v) is 17.2. The minimum atomic E-state index is 0.149. The molecule has 3 rings (SSSR count). The molecule has 0 N–H and O–H groups in total. The molecule has 0 radical (unpaired) electrons. The van der Waals surface area contributed by atoms with Crippen LogP contribution in [0, 0.1) is 0 Å². The third-order valence-corrected chi connectivity index (χ3v) is 5.61. The molecule has 0 spiro atoms. The van der Waals surface area contributed by atoms with Crippen molar-refractivity contribution >= 4 is 23.4 Å². The van der Waals surface area contributed by atoms with Crippen molar-refractivity contribution in [1.82, 2.24) is 14.8 Å². The minimum absolute atomic E-state index is 0.149. The molecule has 2 aromatic carbocycles. The van der Waals surface area contributed by atoms with Crippen molar-refractivity contribution in [2.24, 2.45) is 0 Å². The van der Waals surface area contributed by atoms with Crippen molar-refractivity contribution in [2.45, 2.75) is 50.6 Å². The van der Waals surface area contributed by atoms with E-state index in [4.69, 9.17) is 11.6 Å². The maximum Gasteiger partial charge on any atom is 0.191 e. The first kappa shape index (κ1) is 19.0. The van der Waals surface area contributed by atoms with E-state index in [0.717, 1.165) is 33.9 Å². The fraction of sp³-hybridized carbons (Fsp3) is 0.333. The van der Waals surface area contributed by atoms with E-state index in [-0.39, 0.29) is 5.41 Å². The lowest BCUT2D eigenvalue weighted by molar-refractivity contribution is 0.590. The van der Waals surface area contributed by atoms with Crippen LogP contribution < -0.4 is 0 Å². The van der Waals surface area contributed by atoms with Crippen LogP contribution >= 0.6 is 23.4 Å². The molecule has 26 heavy (non-hydrogen) atoms. The summed E-state index contributed by atoms with van der Waals surface area (Å²) in [5, 5.41) is 10.6. The van der Waals surface area contributed by atoms with Crippen LogP contribution in [0.2, 0.25) is 5.02 Å². The van der Waals surface area contributed by atoms with Gasteiger partial charge >= 0.3 is 0 Å². The predicted octanol–water partition coefficient (Wildman–Crippen LogP) is 6.21. The molecule has 0 aliphatic carbocycles. The molecule has 0 atom stereocenters. The smallest absolute Gasteiger partial charge is 0.191 e. The molecule has 0 aliphatic rings. The lowest BCUT2D eigenvalue weighted by Crippen LogP contribution is -2.10. The van der Waals surface area contributed by atoms with Crippen molar-refractivity contribution in [1.29, 1.82) is 0 Å². The Labute approximate surface area is 164 Å². The Balaban J connectivity index is 1.80. The van der Waals surface area contributed by atoms with Crippen LogP contribution in [0.1, 0.15) is 38.8 Å². The molecule has 5 heteroatoms. The zero-order valence-electron chi connectivity index (χ0n) is 15.7. The van der Waals surface area contributed by atoms with Crippen LogP contribution in [-0.4, -0.2) is 14.8 Å². The highest BCUT2D eigenvalue weighted by molar-refractivity contribution is 7.98. The van der Waals surface area contributed by atoms with E-state index < -0.39 is 0 Å². The summed E-state index contributed by atoms with van der Waals surface area (Å²) in [5.74, 6) is 1.77. The van der Waals surface area contributed by atoms with E-state index in [0.29, 0.717) is 0 Å². The van der Waals surface area contributed by atoms with Crippen LogP contribution in [0.4, 0.5) is 0 Å². The second kappa shape index (κ2) is 7.85. The summed E-state index contributed by atoms with van der Waals surface area (Å²) in [7, 11) is 0. The lowest BCUT2D eigenvalue weighted by Gasteiger charge is -2.19. The predicted molar refractivity (Wildman–Crippen MR) is 111 cm³/mol. The molecule has 3 nitrogen and oxygen atoms in total. The Hall–Kier alpha value is -1.78. The van der Waals surface area contributed by atoms with Crippen molar-refractivity contribution in [3.8, 4) is 11.4 Å². The van der Waals surface area contributed by atoms with Crippen molar-refractivity contribution in [3.63, 3.8) is 0 Å². The standard InChI is InChI=1S/C21H24ClN3S/c1-5-25-19(16-8-10-17(11-9-16)21(2,3)4)23-24-20(25)26-14-15-6-12-18(22)13-7-15/h6-13H,5,14H2,1-4H3. The molecule has 0 amide bonds. The van der Waals surface area contributed by atoms with Crippen molar-refractivity contribution in [2.75, 3.05) is 0 Å². The SMILES string of the molecule is CCn1c(SCc2ccc(Cl)cc2)nnc1-c1ccc(C(C)(C)C)cc1. The second-order valence-electron chi connectivity index (χ2n) is 7.29. The summed E-state index contributed by atoms with van der Waals surface area (Å²) < 4.78 is 2.17. The van der Waals surface area contributed by atoms with Crippen molar-refractivity contribution in [3.05, 3.63) is 64.7 Å². The molecule has 0 aliphatic heterocycles. The zero-order chi connectivity index (χ0) is 18.7. The highest BCUT2D eigenvalue weighted by atomic mass is 35.5. The van der Waals surface area contributed by atoms with E-state index in [1.54, 1.807) is 11.8 Å². The summed E-state index contributed by atoms with van der Waals surface area (Å²) >= 11 is 7.65. The summed E-state index contributed by atoms with van der Waals surface area (Å²) in [5.41, 5.74) is 3.80. The summed E-state index contributed by atoms with van der Waals surface area (Å²) in [4.78, 5) is 0. The topological polar surface area (TPSA) is 30.7 Å². The van der Waals surface area contributed by atoms with Gasteiger partial charge in [-0.15, -0.1) is 10.2 Å². The number of halogens is 1. The number of aromatic nitrogens is 3. The average molecular weight is 386 g/mol. The Kier molecular flexibility index (Phi) is 5.73. The lowest BCUT2D eigenvalue weighted by atomic mass is 9.87. The number of hydrogen-bond acceptors (Lipinski definition) is 3. The fourth-order valence-corrected chi connectivity index (χ4v) is 3.83. The Bertz CT molecular complexity index is 862. The molecule has 0 saturated carbocycles. The first-order chi connectivity index (χ1) is 12.4. The summed E-state index contributed by atoms with van der Waals surface area (Å²) in [6.45, 7) is 9.64. The highest BCUT2D eigenvalue weighted by Gasteiger charge is 2.16. The van der Waals surface area contributed by atoms with Gasteiger partial charge in [-0.05, 0) is 35.6 Å². The maximum atomic E-state index is 5.95. The minimum Gasteiger partial charge on any atom is -0.302 e. The van der Waals surface area contributed by atoms with Crippen LogP contribution in [-0.2, 0) is 17.7 Å². The van der Waals surface area contributed by atoms with Gasteiger partial charge in [0, 0.05) is 22.9 Å². The van der Waals surface area contributed by atoms with Gasteiger partial charge in [-0.3, -0.25) is 0 Å². The van der Waals surface area contributed by atoms with E-state index in [1.165, 1.54) is 11.1 Å². The maximum absolute atomic E-state index is 5.95. The van der Waals surface area contributed by atoms with Gasteiger partial charge < -0.3 is 4.57 Å². The van der Waals surface area contributed by atoms with Gasteiger partial charge in [0.15, 0.2) is 11.0 Å².